The maximum atomic E-state index is 15.0. The molecule has 0 radical (unpaired) electrons. The van der Waals surface area contributed by atoms with E-state index in [1.165, 1.54) is 24.5 Å². The molecule has 0 unspecified atom stereocenters. The SMILES string of the molecule is OC1(c2ncc(-c3cn4c5c(nc4cc3F)CC[C@@H]5c3ccccc3OC(F)F)cn2)COC1. The van der Waals surface area contributed by atoms with E-state index in [-0.39, 0.29) is 36.3 Å². The minimum absolute atomic E-state index is 0.117. The predicted molar refractivity (Wildman–Crippen MR) is 114 cm³/mol. The molecule has 0 saturated carbocycles. The third-order valence-corrected chi connectivity index (χ3v) is 6.39. The summed E-state index contributed by atoms with van der Waals surface area (Å²) in [5.74, 6) is -0.376. The Kier molecular flexibility index (Phi) is 4.82. The van der Waals surface area contributed by atoms with Gasteiger partial charge in [0.1, 0.15) is 17.2 Å². The summed E-state index contributed by atoms with van der Waals surface area (Å²) in [6.07, 6.45) is 5.87. The number of aromatic nitrogens is 4. The van der Waals surface area contributed by atoms with Crippen LogP contribution in [0.15, 0.2) is 48.9 Å². The van der Waals surface area contributed by atoms with Gasteiger partial charge in [0, 0.05) is 47.3 Å². The highest BCUT2D eigenvalue weighted by atomic mass is 19.3. The Morgan fingerprint density at radius 3 is 2.65 bits per heavy atom. The first kappa shape index (κ1) is 21.1. The number of aliphatic hydroxyl groups is 1. The van der Waals surface area contributed by atoms with Crippen LogP contribution < -0.4 is 4.74 Å². The predicted octanol–water partition coefficient (Wildman–Crippen LogP) is 3.83. The van der Waals surface area contributed by atoms with E-state index in [4.69, 9.17) is 9.47 Å². The number of nitrogens with zero attached hydrogens (tertiary/aromatic N) is 4. The van der Waals surface area contributed by atoms with Crippen LogP contribution in [0.4, 0.5) is 13.2 Å². The van der Waals surface area contributed by atoms with Gasteiger partial charge in [-0.15, -0.1) is 0 Å². The van der Waals surface area contributed by atoms with Crippen molar-refractivity contribution in [1.29, 1.82) is 0 Å². The number of para-hydroxylation sites is 1. The number of alkyl halides is 2. The number of benzene rings is 1. The summed E-state index contributed by atoms with van der Waals surface area (Å²) >= 11 is 0. The minimum atomic E-state index is -2.93. The number of fused-ring (bicyclic) bond motifs is 3. The molecule has 0 bridgehead atoms. The standard InChI is InChI=1S/C24H19F3N4O3/c25-17-7-20-30-18-6-5-15(14-3-1-2-4-19(14)34-23(26)27)21(18)31(20)10-16(17)13-8-28-22(29-9-13)24(32)11-33-12-24/h1-4,7-10,15,23,32H,5-6,11-12H2/t15-/m1/s1. The van der Waals surface area contributed by atoms with Gasteiger partial charge in [-0.1, -0.05) is 18.2 Å². The van der Waals surface area contributed by atoms with E-state index in [0.717, 1.165) is 11.4 Å². The molecule has 10 heteroatoms. The lowest BCUT2D eigenvalue weighted by atomic mass is 9.95. The largest absolute Gasteiger partial charge is 0.435 e. The number of hydrogen-bond donors (Lipinski definition) is 1. The number of pyridine rings is 1. The van der Waals surface area contributed by atoms with Crippen molar-refractivity contribution in [2.45, 2.75) is 31.0 Å². The smallest absolute Gasteiger partial charge is 0.387 e. The lowest BCUT2D eigenvalue weighted by molar-refractivity contribution is -0.189. The van der Waals surface area contributed by atoms with Crippen LogP contribution in [-0.4, -0.2) is 44.3 Å². The summed E-state index contributed by atoms with van der Waals surface area (Å²) in [4.78, 5) is 13.0. The highest BCUT2D eigenvalue weighted by molar-refractivity contribution is 5.65. The van der Waals surface area contributed by atoms with Gasteiger partial charge in [-0.05, 0) is 18.9 Å². The van der Waals surface area contributed by atoms with Crippen LogP contribution >= 0.6 is 0 Å². The summed E-state index contributed by atoms with van der Waals surface area (Å²) in [6, 6.07) is 8.05. The summed E-state index contributed by atoms with van der Waals surface area (Å²) in [5, 5.41) is 10.3. The maximum absolute atomic E-state index is 15.0. The molecule has 174 valence electrons. The van der Waals surface area contributed by atoms with Crippen molar-refractivity contribution in [3.63, 3.8) is 0 Å². The van der Waals surface area contributed by atoms with Crippen LogP contribution in [0.5, 0.6) is 5.75 Å². The molecule has 4 heterocycles. The Morgan fingerprint density at radius 1 is 1.18 bits per heavy atom. The zero-order valence-electron chi connectivity index (χ0n) is 17.8. The van der Waals surface area contributed by atoms with Crippen LogP contribution in [0, 0.1) is 5.82 Å². The Morgan fingerprint density at radius 2 is 1.94 bits per heavy atom. The van der Waals surface area contributed by atoms with E-state index in [0.29, 0.717) is 29.6 Å². The third-order valence-electron chi connectivity index (χ3n) is 6.39. The maximum Gasteiger partial charge on any atom is 0.387 e. The molecule has 1 aliphatic heterocycles. The van der Waals surface area contributed by atoms with E-state index in [1.54, 1.807) is 28.8 Å². The Hall–Kier alpha value is -3.50. The molecule has 1 aliphatic carbocycles. The monoisotopic (exact) mass is 468 g/mol. The normalized spacial score (nSPS) is 18.8. The van der Waals surface area contributed by atoms with Crippen LogP contribution in [0.25, 0.3) is 16.8 Å². The van der Waals surface area contributed by atoms with Crippen molar-refractivity contribution in [2.75, 3.05) is 13.2 Å². The molecule has 1 N–H and O–H groups in total. The second kappa shape index (κ2) is 7.78. The summed E-state index contributed by atoms with van der Waals surface area (Å²) < 4.78 is 52.6. The minimum Gasteiger partial charge on any atom is -0.435 e. The lowest BCUT2D eigenvalue weighted by Crippen LogP contribution is -2.47. The molecule has 0 spiro atoms. The first-order chi connectivity index (χ1) is 16.4. The molecule has 1 atom stereocenters. The van der Waals surface area contributed by atoms with Crippen LogP contribution in [0.3, 0.4) is 0 Å². The van der Waals surface area contributed by atoms with Gasteiger partial charge in [0.2, 0.25) is 0 Å². The molecule has 6 rings (SSSR count). The number of hydrogen-bond acceptors (Lipinski definition) is 6. The van der Waals surface area contributed by atoms with Crippen molar-refractivity contribution in [3.8, 4) is 16.9 Å². The van der Waals surface area contributed by atoms with E-state index >= 15 is 4.39 Å². The number of ether oxygens (including phenoxy) is 2. The van der Waals surface area contributed by atoms with E-state index in [1.807, 2.05) is 0 Å². The Labute approximate surface area is 191 Å². The fraction of sp³-hybridized carbons (Fsp3) is 0.292. The van der Waals surface area contributed by atoms with E-state index in [2.05, 4.69) is 15.0 Å². The zero-order chi connectivity index (χ0) is 23.4. The number of imidazole rings is 1. The van der Waals surface area contributed by atoms with Gasteiger partial charge in [-0.25, -0.2) is 19.3 Å². The first-order valence-electron chi connectivity index (χ1n) is 10.8. The Balaban J connectivity index is 1.43. The summed E-state index contributed by atoms with van der Waals surface area (Å²) in [7, 11) is 0. The molecule has 1 fully saturated rings. The fourth-order valence-corrected chi connectivity index (χ4v) is 4.72. The molecule has 4 aromatic rings. The fourth-order valence-electron chi connectivity index (χ4n) is 4.72. The zero-order valence-corrected chi connectivity index (χ0v) is 17.8. The average molecular weight is 468 g/mol. The average Bonchev–Trinajstić information content (AvgIpc) is 3.36. The van der Waals surface area contributed by atoms with E-state index in [9.17, 15) is 13.9 Å². The van der Waals surface area contributed by atoms with Crippen LogP contribution in [-0.2, 0) is 16.8 Å². The number of aryl methyl sites for hydroxylation is 1. The van der Waals surface area contributed by atoms with Gasteiger partial charge in [-0.3, -0.25) is 0 Å². The molecular formula is C24H19F3N4O3. The van der Waals surface area contributed by atoms with Gasteiger partial charge in [0.05, 0.1) is 24.6 Å². The molecule has 34 heavy (non-hydrogen) atoms. The van der Waals surface area contributed by atoms with Crippen molar-refractivity contribution < 1.29 is 27.8 Å². The van der Waals surface area contributed by atoms with Crippen LogP contribution in [0.1, 0.15) is 35.1 Å². The first-order valence-corrected chi connectivity index (χ1v) is 10.8. The van der Waals surface area contributed by atoms with E-state index < -0.39 is 18.0 Å². The molecule has 3 aromatic heterocycles. The lowest BCUT2D eigenvalue weighted by Gasteiger charge is -2.34. The highest BCUT2D eigenvalue weighted by Gasteiger charge is 2.41. The van der Waals surface area contributed by atoms with Crippen molar-refractivity contribution >= 4 is 5.65 Å². The molecule has 2 aliphatic rings. The number of halogens is 3. The van der Waals surface area contributed by atoms with Gasteiger partial charge in [0.25, 0.3) is 0 Å². The van der Waals surface area contributed by atoms with Gasteiger partial charge >= 0.3 is 6.61 Å². The number of rotatable bonds is 5. The quantitative estimate of drug-likeness (QED) is 0.480. The summed E-state index contributed by atoms with van der Waals surface area (Å²) in [5.41, 5.74) is 2.17. The second-order valence-electron chi connectivity index (χ2n) is 8.53. The van der Waals surface area contributed by atoms with Gasteiger partial charge in [0.15, 0.2) is 11.4 Å². The molecule has 0 amide bonds. The molecule has 7 nitrogen and oxygen atoms in total. The van der Waals surface area contributed by atoms with Crippen molar-refractivity contribution in [3.05, 3.63) is 77.5 Å². The summed E-state index contributed by atoms with van der Waals surface area (Å²) in [6.45, 7) is -2.70. The van der Waals surface area contributed by atoms with Crippen molar-refractivity contribution in [2.24, 2.45) is 0 Å². The second-order valence-corrected chi connectivity index (χ2v) is 8.53. The highest BCUT2D eigenvalue weighted by Crippen LogP contribution is 2.43. The topological polar surface area (TPSA) is 81.8 Å². The molecule has 1 aromatic carbocycles. The molecule has 1 saturated heterocycles. The third kappa shape index (κ3) is 3.33. The van der Waals surface area contributed by atoms with Gasteiger partial charge < -0.3 is 19.0 Å². The van der Waals surface area contributed by atoms with Crippen molar-refractivity contribution in [1.82, 2.24) is 19.4 Å². The Bertz CT molecular complexity index is 1390. The molecular weight excluding hydrogens is 449 g/mol. The van der Waals surface area contributed by atoms with Gasteiger partial charge in [-0.2, -0.15) is 8.78 Å². The van der Waals surface area contributed by atoms with Crippen LogP contribution in [0.2, 0.25) is 0 Å².